The highest BCUT2D eigenvalue weighted by atomic mass is 32.1. The summed E-state index contributed by atoms with van der Waals surface area (Å²) in [7, 11) is 0. The molecule has 1 aromatic carbocycles. The molecule has 0 saturated carbocycles. The Hall–Kier alpha value is -2.74. The zero-order valence-electron chi connectivity index (χ0n) is 14.7. The highest BCUT2D eigenvalue weighted by molar-refractivity contribution is 7.12. The van der Waals surface area contributed by atoms with Crippen LogP contribution in [-0.2, 0) is 9.53 Å². The van der Waals surface area contributed by atoms with E-state index in [1.54, 1.807) is 44.4 Å². The summed E-state index contributed by atoms with van der Waals surface area (Å²) in [5.74, 6) is -1.09. The fraction of sp³-hybridized carbons (Fsp3) is 0.333. The summed E-state index contributed by atoms with van der Waals surface area (Å²) in [6, 6.07) is 8.55. The van der Waals surface area contributed by atoms with Gasteiger partial charge in [0.2, 0.25) is 0 Å². The van der Waals surface area contributed by atoms with Crippen molar-refractivity contribution in [1.29, 1.82) is 0 Å². The average molecular weight is 376 g/mol. The van der Waals surface area contributed by atoms with Crippen molar-refractivity contribution in [3.63, 3.8) is 0 Å². The van der Waals surface area contributed by atoms with Crippen LogP contribution in [0, 0.1) is 16.0 Å². The molecule has 26 heavy (non-hydrogen) atoms. The Labute approximate surface area is 155 Å². The fourth-order valence-corrected chi connectivity index (χ4v) is 2.95. The van der Waals surface area contributed by atoms with Gasteiger partial charge in [0, 0.05) is 12.1 Å². The van der Waals surface area contributed by atoms with Crippen LogP contribution in [0.15, 0.2) is 41.8 Å². The van der Waals surface area contributed by atoms with Crippen LogP contribution in [0.25, 0.3) is 0 Å². The van der Waals surface area contributed by atoms with Crippen LogP contribution in [0.3, 0.4) is 0 Å². The molecule has 0 unspecified atom stereocenters. The predicted molar refractivity (Wildman–Crippen MR) is 98.0 cm³/mol. The summed E-state index contributed by atoms with van der Waals surface area (Å²) < 4.78 is 5.44. The SMILES string of the molecule is CC(C)[C@H](NC(=O)c1cccs1)C(=O)O[C@@H](C)c1cccc([N+](=O)[O-])c1. The van der Waals surface area contributed by atoms with Gasteiger partial charge in [-0.3, -0.25) is 14.9 Å². The highest BCUT2D eigenvalue weighted by Gasteiger charge is 2.28. The number of nitro groups is 1. The normalized spacial score (nSPS) is 13.1. The van der Waals surface area contributed by atoms with E-state index in [0.29, 0.717) is 10.4 Å². The number of non-ortho nitro benzene ring substituents is 1. The van der Waals surface area contributed by atoms with Crippen molar-refractivity contribution >= 4 is 28.9 Å². The number of hydrogen-bond donors (Lipinski definition) is 1. The molecule has 2 aromatic rings. The minimum Gasteiger partial charge on any atom is -0.456 e. The topological polar surface area (TPSA) is 98.5 Å². The van der Waals surface area contributed by atoms with Crippen LogP contribution in [-0.4, -0.2) is 22.8 Å². The van der Waals surface area contributed by atoms with Gasteiger partial charge in [0.15, 0.2) is 0 Å². The first-order chi connectivity index (χ1) is 12.3. The van der Waals surface area contributed by atoms with E-state index in [0.717, 1.165) is 0 Å². The van der Waals surface area contributed by atoms with E-state index in [1.807, 2.05) is 0 Å². The first-order valence-corrected chi connectivity index (χ1v) is 8.96. The van der Waals surface area contributed by atoms with Crippen LogP contribution in [0.5, 0.6) is 0 Å². The molecule has 138 valence electrons. The summed E-state index contributed by atoms with van der Waals surface area (Å²) in [6.07, 6.45) is -0.678. The number of hydrogen-bond acceptors (Lipinski definition) is 6. The van der Waals surface area contributed by atoms with Gasteiger partial charge >= 0.3 is 5.97 Å². The largest absolute Gasteiger partial charge is 0.456 e. The van der Waals surface area contributed by atoms with E-state index < -0.39 is 23.0 Å². The van der Waals surface area contributed by atoms with Crippen molar-refractivity contribution < 1.29 is 19.2 Å². The molecule has 0 aliphatic rings. The smallest absolute Gasteiger partial charge is 0.329 e. The number of amides is 1. The van der Waals surface area contributed by atoms with Crippen molar-refractivity contribution in [2.45, 2.75) is 32.9 Å². The molecule has 1 amide bonds. The van der Waals surface area contributed by atoms with Gasteiger partial charge in [0.25, 0.3) is 11.6 Å². The second-order valence-electron chi connectivity index (χ2n) is 6.10. The van der Waals surface area contributed by atoms with Crippen molar-refractivity contribution in [1.82, 2.24) is 5.32 Å². The van der Waals surface area contributed by atoms with Crippen LogP contribution in [0.4, 0.5) is 5.69 Å². The predicted octanol–water partition coefficient (Wildman–Crippen LogP) is 3.72. The lowest BCUT2D eigenvalue weighted by molar-refractivity contribution is -0.385. The molecule has 1 N–H and O–H groups in total. The minimum atomic E-state index is -0.814. The summed E-state index contributed by atoms with van der Waals surface area (Å²) in [4.78, 5) is 35.6. The first kappa shape index (κ1) is 19.6. The molecule has 1 aromatic heterocycles. The molecule has 0 aliphatic heterocycles. The summed E-state index contributed by atoms with van der Waals surface area (Å²) >= 11 is 1.28. The second-order valence-corrected chi connectivity index (χ2v) is 7.05. The van der Waals surface area contributed by atoms with Gasteiger partial charge in [-0.15, -0.1) is 11.3 Å². The Morgan fingerprint density at radius 2 is 1.92 bits per heavy atom. The second kappa shape index (κ2) is 8.57. The number of carbonyl (C=O) groups is 2. The number of esters is 1. The van der Waals surface area contributed by atoms with Gasteiger partial charge in [0.05, 0.1) is 9.80 Å². The number of thiophene rings is 1. The van der Waals surface area contributed by atoms with E-state index in [-0.39, 0.29) is 17.5 Å². The Bertz CT molecular complexity index is 789. The minimum absolute atomic E-state index is 0.0724. The zero-order chi connectivity index (χ0) is 19.3. The lowest BCUT2D eigenvalue weighted by atomic mass is 10.0. The van der Waals surface area contributed by atoms with Gasteiger partial charge in [0.1, 0.15) is 12.1 Å². The van der Waals surface area contributed by atoms with Gasteiger partial charge in [-0.2, -0.15) is 0 Å². The van der Waals surface area contributed by atoms with E-state index >= 15 is 0 Å². The van der Waals surface area contributed by atoms with Crippen molar-refractivity contribution in [3.8, 4) is 0 Å². The number of carbonyl (C=O) groups excluding carboxylic acids is 2. The number of rotatable bonds is 7. The molecule has 0 aliphatic carbocycles. The van der Waals surface area contributed by atoms with Crippen molar-refractivity contribution in [2.24, 2.45) is 5.92 Å². The average Bonchev–Trinajstić information content (AvgIpc) is 3.13. The quantitative estimate of drug-likeness (QED) is 0.451. The van der Waals surface area contributed by atoms with Gasteiger partial charge < -0.3 is 10.1 Å². The first-order valence-electron chi connectivity index (χ1n) is 8.08. The van der Waals surface area contributed by atoms with Crippen molar-refractivity contribution in [3.05, 3.63) is 62.3 Å². The zero-order valence-corrected chi connectivity index (χ0v) is 15.5. The Morgan fingerprint density at radius 3 is 2.50 bits per heavy atom. The molecule has 0 fully saturated rings. The molecule has 0 saturated heterocycles. The van der Waals surface area contributed by atoms with Gasteiger partial charge in [-0.1, -0.05) is 32.0 Å². The Kier molecular flexibility index (Phi) is 6.46. The van der Waals surface area contributed by atoms with E-state index in [2.05, 4.69) is 5.32 Å². The van der Waals surface area contributed by atoms with Crippen LogP contribution in [0.2, 0.25) is 0 Å². The number of benzene rings is 1. The van der Waals surface area contributed by atoms with Crippen LogP contribution >= 0.6 is 11.3 Å². The monoisotopic (exact) mass is 376 g/mol. The van der Waals surface area contributed by atoms with Crippen molar-refractivity contribution in [2.75, 3.05) is 0 Å². The molecule has 2 rings (SSSR count). The lowest BCUT2D eigenvalue weighted by Crippen LogP contribution is -2.45. The molecule has 8 heteroatoms. The molecule has 0 radical (unpaired) electrons. The molecule has 2 atom stereocenters. The maximum absolute atomic E-state index is 12.5. The molecular weight excluding hydrogens is 356 g/mol. The molecule has 7 nitrogen and oxygen atoms in total. The van der Waals surface area contributed by atoms with Crippen LogP contribution < -0.4 is 5.32 Å². The summed E-state index contributed by atoms with van der Waals surface area (Å²) in [6.45, 7) is 5.24. The molecule has 0 bridgehead atoms. The maximum Gasteiger partial charge on any atom is 0.329 e. The van der Waals surface area contributed by atoms with Gasteiger partial charge in [-0.05, 0) is 29.9 Å². The third kappa shape index (κ3) is 4.89. The molecule has 1 heterocycles. The fourth-order valence-electron chi connectivity index (χ4n) is 2.32. The maximum atomic E-state index is 12.5. The third-order valence-electron chi connectivity index (χ3n) is 3.80. The Morgan fingerprint density at radius 1 is 1.19 bits per heavy atom. The highest BCUT2D eigenvalue weighted by Crippen LogP contribution is 2.23. The number of ether oxygens (including phenoxy) is 1. The number of nitrogens with one attached hydrogen (secondary N) is 1. The summed E-state index contributed by atoms with van der Waals surface area (Å²) in [5.41, 5.74) is 0.441. The lowest BCUT2D eigenvalue weighted by Gasteiger charge is -2.23. The van der Waals surface area contributed by atoms with E-state index in [9.17, 15) is 19.7 Å². The third-order valence-corrected chi connectivity index (χ3v) is 4.66. The van der Waals surface area contributed by atoms with Crippen LogP contribution in [0.1, 0.15) is 42.1 Å². The van der Waals surface area contributed by atoms with Gasteiger partial charge in [-0.25, -0.2) is 4.79 Å². The van der Waals surface area contributed by atoms with E-state index in [4.69, 9.17) is 4.74 Å². The summed E-state index contributed by atoms with van der Waals surface area (Å²) in [5, 5.41) is 15.4. The standard InChI is InChI=1S/C18H20N2O5S/c1-11(2)16(19-17(21)15-8-5-9-26-15)18(22)25-12(3)13-6-4-7-14(10-13)20(23)24/h4-12,16H,1-3H3,(H,19,21)/t12-,16-/m0/s1. The number of nitro benzene ring substituents is 1. The molecular formula is C18H20N2O5S. The van der Waals surface area contributed by atoms with E-state index in [1.165, 1.54) is 29.5 Å². The number of nitrogens with zero attached hydrogens (tertiary/aromatic N) is 1. The Balaban J connectivity index is 2.08. The molecule has 0 spiro atoms.